The van der Waals surface area contributed by atoms with Gasteiger partial charge in [-0.15, -0.1) is 0 Å². The van der Waals surface area contributed by atoms with Crippen molar-refractivity contribution in [3.63, 3.8) is 0 Å². The highest BCUT2D eigenvalue weighted by Gasteiger charge is 2.37. The van der Waals surface area contributed by atoms with E-state index in [2.05, 4.69) is 55.4 Å². The molecule has 2 heteroatoms. The third-order valence-corrected chi connectivity index (χ3v) is 3.62. The summed E-state index contributed by atoms with van der Waals surface area (Å²) >= 11 is 0. The van der Waals surface area contributed by atoms with Crippen molar-refractivity contribution in [2.24, 2.45) is 16.2 Å². The molecule has 0 N–H and O–H groups in total. The van der Waals surface area contributed by atoms with Crippen molar-refractivity contribution in [3.8, 4) is 0 Å². The van der Waals surface area contributed by atoms with E-state index in [4.69, 9.17) is 0 Å². The van der Waals surface area contributed by atoms with E-state index in [1.165, 1.54) is 6.08 Å². The smallest absolute Gasteiger partial charge is 0.229 e. The molecule has 2 nitrogen and oxygen atoms in total. The number of hydrogen-bond donors (Lipinski definition) is 0. The molecule has 0 heterocycles. The summed E-state index contributed by atoms with van der Waals surface area (Å²) < 4.78 is 0. The first-order valence-corrected chi connectivity index (χ1v) is 7.27. The predicted octanol–water partition coefficient (Wildman–Crippen LogP) is 4.50. The van der Waals surface area contributed by atoms with Crippen LogP contribution in [0.4, 0.5) is 0 Å². The molecule has 20 heavy (non-hydrogen) atoms. The third-order valence-electron chi connectivity index (χ3n) is 3.62. The van der Waals surface area contributed by atoms with Gasteiger partial charge in [-0.1, -0.05) is 61.5 Å². The second kappa shape index (κ2) is 4.98. The zero-order valence-electron chi connectivity index (χ0n) is 14.2. The molecule has 0 aromatic rings. The zero-order chi connectivity index (χ0) is 15.9. The van der Waals surface area contributed by atoms with E-state index >= 15 is 0 Å². The van der Waals surface area contributed by atoms with Crippen molar-refractivity contribution in [2.75, 3.05) is 0 Å². The third kappa shape index (κ3) is 3.91. The summed E-state index contributed by atoms with van der Waals surface area (Å²) in [4.78, 5) is 24.3. The van der Waals surface area contributed by atoms with E-state index in [1.807, 2.05) is 6.08 Å². The minimum Gasteiger partial charge on any atom is -0.286 e. The second-order valence-corrected chi connectivity index (χ2v) is 8.72. The summed E-state index contributed by atoms with van der Waals surface area (Å²) in [6, 6.07) is 0. The van der Waals surface area contributed by atoms with E-state index in [1.54, 1.807) is 0 Å². The van der Waals surface area contributed by atoms with Gasteiger partial charge in [0, 0.05) is 5.57 Å². The normalized spacial score (nSPS) is 18.0. The summed E-state index contributed by atoms with van der Waals surface area (Å²) in [7, 11) is 0. The molecule has 0 atom stereocenters. The summed E-state index contributed by atoms with van der Waals surface area (Å²) in [5.41, 5.74) is 1.29. The Balaban J connectivity index is 3.27. The fraction of sp³-hybridized carbons (Fsp3) is 0.667. The number of hydrogen-bond acceptors (Lipinski definition) is 2. The van der Waals surface area contributed by atoms with Gasteiger partial charge in [-0.3, -0.25) is 9.59 Å². The molecule has 0 amide bonds. The minimum absolute atomic E-state index is 0.108. The summed E-state index contributed by atoms with van der Waals surface area (Å²) in [6.45, 7) is 16.8. The van der Waals surface area contributed by atoms with E-state index in [0.717, 1.165) is 12.0 Å². The van der Waals surface area contributed by atoms with Gasteiger partial charge < -0.3 is 0 Å². The lowest BCUT2D eigenvalue weighted by Crippen LogP contribution is -2.32. The molecule has 0 saturated heterocycles. The molecule has 1 aliphatic rings. The Labute approximate surface area is 123 Å². The van der Waals surface area contributed by atoms with Crippen LogP contribution in [0, 0.1) is 16.2 Å². The lowest BCUT2D eigenvalue weighted by Gasteiger charge is -2.36. The molecule has 0 aliphatic heterocycles. The highest BCUT2D eigenvalue weighted by Crippen LogP contribution is 2.42. The van der Waals surface area contributed by atoms with Crippen molar-refractivity contribution in [1.29, 1.82) is 0 Å². The van der Waals surface area contributed by atoms with Gasteiger partial charge in [0.2, 0.25) is 11.6 Å². The van der Waals surface area contributed by atoms with Crippen LogP contribution in [0.5, 0.6) is 0 Å². The van der Waals surface area contributed by atoms with E-state index in [9.17, 15) is 9.59 Å². The Morgan fingerprint density at radius 2 is 1.35 bits per heavy atom. The van der Waals surface area contributed by atoms with Crippen LogP contribution in [-0.4, -0.2) is 11.6 Å². The van der Waals surface area contributed by atoms with Crippen molar-refractivity contribution < 1.29 is 9.59 Å². The maximum absolute atomic E-state index is 12.3. The Morgan fingerprint density at radius 3 is 1.75 bits per heavy atom. The maximum Gasteiger partial charge on any atom is 0.229 e. The molecule has 0 spiro atoms. The average molecular weight is 276 g/mol. The highest BCUT2D eigenvalue weighted by atomic mass is 16.2. The van der Waals surface area contributed by atoms with Crippen LogP contribution < -0.4 is 0 Å². The van der Waals surface area contributed by atoms with Gasteiger partial charge in [-0.2, -0.15) is 0 Å². The molecule has 1 aliphatic carbocycles. The number of rotatable bonds is 2. The first kappa shape index (κ1) is 16.9. The molecule has 1 rings (SSSR count). The monoisotopic (exact) mass is 276 g/mol. The van der Waals surface area contributed by atoms with Crippen molar-refractivity contribution in [2.45, 2.75) is 61.8 Å². The standard InChI is InChI=1S/C18H28O2/c1-16(2,3)11-18(7,8)13-9-12(17(4,5)6)10-14(19)15(13)20/h9-10H,11H2,1-8H3. The van der Waals surface area contributed by atoms with Gasteiger partial charge in [-0.25, -0.2) is 0 Å². The SMILES string of the molecule is CC(C)(C)CC(C)(C)C1=CC(C(C)(C)C)=CC(=O)C1=O. The van der Waals surface area contributed by atoms with Crippen LogP contribution in [-0.2, 0) is 9.59 Å². The van der Waals surface area contributed by atoms with Crippen molar-refractivity contribution in [1.82, 2.24) is 0 Å². The van der Waals surface area contributed by atoms with Crippen molar-refractivity contribution in [3.05, 3.63) is 23.3 Å². The number of carbonyl (C=O) groups is 2. The molecular weight excluding hydrogens is 248 g/mol. The molecule has 0 bridgehead atoms. The average Bonchev–Trinajstić information content (AvgIpc) is 2.16. The Morgan fingerprint density at radius 1 is 0.850 bits per heavy atom. The van der Waals surface area contributed by atoms with Crippen LogP contribution in [0.3, 0.4) is 0 Å². The quantitative estimate of drug-likeness (QED) is 0.549. The highest BCUT2D eigenvalue weighted by molar-refractivity contribution is 6.48. The molecule has 0 fully saturated rings. The molecule has 0 saturated carbocycles. The largest absolute Gasteiger partial charge is 0.286 e. The molecule has 112 valence electrons. The summed E-state index contributed by atoms with van der Waals surface area (Å²) in [5, 5.41) is 0. The maximum atomic E-state index is 12.3. The number of Topliss-reactive ketones (excluding diaryl/α,β-unsaturated/α-hetero) is 1. The lowest BCUT2D eigenvalue weighted by molar-refractivity contribution is -0.132. The van der Waals surface area contributed by atoms with Crippen LogP contribution in [0.25, 0.3) is 0 Å². The van der Waals surface area contributed by atoms with Gasteiger partial charge in [0.1, 0.15) is 0 Å². The fourth-order valence-electron chi connectivity index (χ4n) is 2.96. The van der Waals surface area contributed by atoms with Crippen LogP contribution >= 0.6 is 0 Å². The zero-order valence-corrected chi connectivity index (χ0v) is 14.2. The van der Waals surface area contributed by atoms with Crippen molar-refractivity contribution >= 4 is 11.6 Å². The molecule has 0 aromatic carbocycles. The molecule has 0 unspecified atom stereocenters. The Hall–Kier alpha value is -1.18. The summed E-state index contributed by atoms with van der Waals surface area (Å²) in [5.74, 6) is -0.721. The van der Waals surface area contributed by atoms with E-state index < -0.39 is 0 Å². The number of carbonyl (C=O) groups excluding carboxylic acids is 2. The fourth-order valence-corrected chi connectivity index (χ4v) is 2.96. The second-order valence-electron chi connectivity index (χ2n) is 8.72. The predicted molar refractivity (Wildman–Crippen MR) is 83.5 cm³/mol. The first-order chi connectivity index (χ1) is 8.74. The molecular formula is C18H28O2. The van der Waals surface area contributed by atoms with Crippen LogP contribution in [0.15, 0.2) is 23.3 Å². The first-order valence-electron chi connectivity index (χ1n) is 7.27. The Kier molecular flexibility index (Phi) is 4.20. The van der Waals surface area contributed by atoms with E-state index in [0.29, 0.717) is 5.57 Å². The van der Waals surface area contributed by atoms with Gasteiger partial charge >= 0.3 is 0 Å². The number of allylic oxidation sites excluding steroid dienone is 4. The Bertz CT molecular complexity index is 488. The molecule has 0 aromatic heterocycles. The molecule has 0 radical (unpaired) electrons. The van der Waals surface area contributed by atoms with Crippen LogP contribution in [0.2, 0.25) is 0 Å². The summed E-state index contributed by atoms with van der Waals surface area (Å²) in [6.07, 6.45) is 4.30. The van der Waals surface area contributed by atoms with Gasteiger partial charge in [0.15, 0.2) is 0 Å². The van der Waals surface area contributed by atoms with E-state index in [-0.39, 0.29) is 27.8 Å². The van der Waals surface area contributed by atoms with Gasteiger partial charge in [-0.05, 0) is 34.3 Å². The lowest BCUT2D eigenvalue weighted by atomic mass is 9.67. The minimum atomic E-state index is -0.380. The number of ketones is 2. The van der Waals surface area contributed by atoms with Gasteiger partial charge in [0.05, 0.1) is 0 Å². The topological polar surface area (TPSA) is 34.1 Å². The van der Waals surface area contributed by atoms with Gasteiger partial charge in [0.25, 0.3) is 0 Å². The van der Waals surface area contributed by atoms with Crippen LogP contribution in [0.1, 0.15) is 61.8 Å².